The molecule has 1 aliphatic rings. The zero-order chi connectivity index (χ0) is 19.2. The third-order valence-corrected chi connectivity index (χ3v) is 5.89. The Morgan fingerprint density at radius 1 is 1.22 bits per heavy atom. The Labute approximate surface area is 159 Å². The minimum absolute atomic E-state index is 0.0117. The van der Waals surface area contributed by atoms with Crippen LogP contribution < -0.4 is 5.32 Å². The van der Waals surface area contributed by atoms with Gasteiger partial charge in [0, 0.05) is 42.0 Å². The molecule has 1 aliphatic carbocycles. The maximum atomic E-state index is 13.0. The Morgan fingerprint density at radius 2 is 2.00 bits per heavy atom. The normalized spacial score (nSPS) is 15.1. The number of aromatic nitrogens is 3. The van der Waals surface area contributed by atoms with Crippen LogP contribution in [0.15, 0.2) is 30.6 Å². The Hall–Kier alpha value is -2.69. The van der Waals surface area contributed by atoms with E-state index < -0.39 is 0 Å². The van der Waals surface area contributed by atoms with Gasteiger partial charge in [-0.2, -0.15) is 0 Å². The van der Waals surface area contributed by atoms with Gasteiger partial charge in [0.25, 0.3) is 5.91 Å². The number of imidazole rings is 1. The summed E-state index contributed by atoms with van der Waals surface area (Å²) >= 11 is 0. The van der Waals surface area contributed by atoms with Crippen LogP contribution in [0.2, 0.25) is 0 Å². The smallest absolute Gasteiger partial charge is 0.252 e. The van der Waals surface area contributed by atoms with Crippen LogP contribution in [0, 0.1) is 33.1 Å². The van der Waals surface area contributed by atoms with Crippen LogP contribution in [-0.2, 0) is 6.54 Å². The van der Waals surface area contributed by atoms with Crippen molar-refractivity contribution in [1.82, 2.24) is 19.9 Å². The van der Waals surface area contributed by atoms with E-state index in [0.717, 1.165) is 52.9 Å². The molecule has 4 rings (SSSR count). The number of fused-ring (bicyclic) bond motifs is 1. The zero-order valence-electron chi connectivity index (χ0n) is 16.5. The molecule has 3 aromatic rings. The Bertz CT molecular complexity index is 1030. The number of amides is 1. The summed E-state index contributed by atoms with van der Waals surface area (Å²) in [5.74, 6) is 1.01. The van der Waals surface area contributed by atoms with Crippen molar-refractivity contribution in [3.05, 3.63) is 58.8 Å². The number of carbonyl (C=O) groups excluding carboxylic acids is 1. The van der Waals surface area contributed by atoms with Crippen molar-refractivity contribution in [2.45, 2.75) is 47.1 Å². The lowest BCUT2D eigenvalue weighted by Gasteiger charge is -2.18. The zero-order valence-corrected chi connectivity index (χ0v) is 16.5. The summed E-state index contributed by atoms with van der Waals surface area (Å²) in [4.78, 5) is 22.0. The molecule has 1 amide bonds. The molecule has 27 heavy (non-hydrogen) atoms. The molecule has 140 valence electrons. The number of carbonyl (C=O) groups is 1. The number of nitrogens with zero attached hydrogens (tertiary/aromatic N) is 3. The number of nitrogens with one attached hydrogen (secondary N) is 1. The average Bonchev–Trinajstić information content (AvgIpc) is 3.30. The molecule has 0 unspecified atom stereocenters. The standard InChI is InChI=1S/C22H26N4O/c1-14-5-6-18-19(11-15(2)25-20(18)16(14)3)21(27)24-12-22(7-8-22)13-26-10-9-23-17(26)4/h5-6,9-11H,7-8,12-13H2,1-4H3,(H,24,27). The first-order valence-electron chi connectivity index (χ1n) is 9.52. The molecule has 1 aromatic carbocycles. The predicted octanol–water partition coefficient (Wildman–Crippen LogP) is 3.88. The van der Waals surface area contributed by atoms with Crippen LogP contribution in [0.5, 0.6) is 0 Å². The van der Waals surface area contributed by atoms with Crippen molar-refractivity contribution >= 4 is 16.8 Å². The van der Waals surface area contributed by atoms with E-state index in [1.54, 1.807) is 0 Å². The van der Waals surface area contributed by atoms with E-state index in [9.17, 15) is 4.79 Å². The highest BCUT2D eigenvalue weighted by Gasteiger charge is 2.43. The highest BCUT2D eigenvalue weighted by molar-refractivity contribution is 6.07. The highest BCUT2D eigenvalue weighted by Crippen LogP contribution is 2.46. The molecule has 0 bridgehead atoms. The molecule has 1 fully saturated rings. The number of hydrogen-bond acceptors (Lipinski definition) is 3. The number of benzene rings is 1. The molecule has 5 heteroatoms. The summed E-state index contributed by atoms with van der Waals surface area (Å²) in [5.41, 5.74) is 5.01. The third kappa shape index (κ3) is 3.34. The molecule has 0 spiro atoms. The monoisotopic (exact) mass is 362 g/mol. The Balaban J connectivity index is 1.55. The first-order valence-corrected chi connectivity index (χ1v) is 9.52. The van der Waals surface area contributed by atoms with Crippen LogP contribution in [0.25, 0.3) is 10.9 Å². The molecule has 0 saturated heterocycles. The topological polar surface area (TPSA) is 59.8 Å². The minimum Gasteiger partial charge on any atom is -0.351 e. The highest BCUT2D eigenvalue weighted by atomic mass is 16.1. The molecule has 0 aliphatic heterocycles. The van der Waals surface area contributed by atoms with Gasteiger partial charge < -0.3 is 9.88 Å². The molecule has 1 N–H and O–H groups in total. The van der Waals surface area contributed by atoms with Gasteiger partial charge in [0.1, 0.15) is 5.82 Å². The fourth-order valence-electron chi connectivity index (χ4n) is 3.71. The van der Waals surface area contributed by atoms with Crippen molar-refractivity contribution in [2.75, 3.05) is 6.54 Å². The van der Waals surface area contributed by atoms with E-state index in [-0.39, 0.29) is 11.3 Å². The summed E-state index contributed by atoms with van der Waals surface area (Å²) < 4.78 is 2.18. The van der Waals surface area contributed by atoms with Crippen LogP contribution in [0.1, 0.15) is 45.8 Å². The largest absolute Gasteiger partial charge is 0.351 e. The van der Waals surface area contributed by atoms with Gasteiger partial charge in [-0.3, -0.25) is 9.78 Å². The van der Waals surface area contributed by atoms with E-state index in [2.05, 4.69) is 39.8 Å². The van der Waals surface area contributed by atoms with Gasteiger partial charge >= 0.3 is 0 Å². The molecule has 0 radical (unpaired) electrons. The van der Waals surface area contributed by atoms with E-state index in [4.69, 9.17) is 0 Å². The summed E-state index contributed by atoms with van der Waals surface area (Å²) in [6.45, 7) is 9.71. The van der Waals surface area contributed by atoms with Gasteiger partial charge in [-0.05, 0) is 57.7 Å². The SMILES string of the molecule is Cc1cc(C(=O)NCC2(Cn3ccnc3C)CC2)c2ccc(C)c(C)c2n1. The van der Waals surface area contributed by atoms with Crippen LogP contribution in [0.3, 0.4) is 0 Å². The lowest BCUT2D eigenvalue weighted by molar-refractivity contribution is 0.0944. The van der Waals surface area contributed by atoms with Crippen LogP contribution in [-0.4, -0.2) is 27.0 Å². The summed E-state index contributed by atoms with van der Waals surface area (Å²) in [7, 11) is 0. The van der Waals surface area contributed by atoms with E-state index in [1.165, 1.54) is 5.56 Å². The van der Waals surface area contributed by atoms with Crippen molar-refractivity contribution in [1.29, 1.82) is 0 Å². The molecule has 2 heterocycles. The first kappa shape index (κ1) is 17.7. The number of aryl methyl sites for hydroxylation is 4. The lowest BCUT2D eigenvalue weighted by atomic mass is 10.00. The maximum Gasteiger partial charge on any atom is 0.252 e. The second-order valence-corrected chi connectivity index (χ2v) is 8.00. The molecular formula is C22H26N4O. The molecule has 0 atom stereocenters. The van der Waals surface area contributed by atoms with Crippen molar-refractivity contribution in [3.8, 4) is 0 Å². The van der Waals surface area contributed by atoms with Crippen molar-refractivity contribution < 1.29 is 4.79 Å². The first-order chi connectivity index (χ1) is 12.9. The van der Waals surface area contributed by atoms with Gasteiger partial charge in [0.15, 0.2) is 0 Å². The van der Waals surface area contributed by atoms with Gasteiger partial charge in [-0.25, -0.2) is 4.98 Å². The second kappa shape index (κ2) is 6.48. The minimum atomic E-state index is -0.0117. The molecule has 5 nitrogen and oxygen atoms in total. The van der Waals surface area contributed by atoms with Gasteiger partial charge in [-0.15, -0.1) is 0 Å². The summed E-state index contributed by atoms with van der Waals surface area (Å²) in [5, 5.41) is 4.11. The lowest BCUT2D eigenvalue weighted by Crippen LogP contribution is -2.32. The van der Waals surface area contributed by atoms with Crippen LogP contribution in [0.4, 0.5) is 0 Å². The van der Waals surface area contributed by atoms with Crippen molar-refractivity contribution in [3.63, 3.8) is 0 Å². The quantitative estimate of drug-likeness (QED) is 0.749. The van der Waals surface area contributed by atoms with Crippen LogP contribution >= 0.6 is 0 Å². The molecule has 2 aromatic heterocycles. The number of pyridine rings is 1. The molecule has 1 saturated carbocycles. The maximum absolute atomic E-state index is 13.0. The van der Waals surface area contributed by atoms with Gasteiger partial charge in [-0.1, -0.05) is 12.1 Å². The number of rotatable bonds is 5. The average molecular weight is 362 g/mol. The van der Waals surface area contributed by atoms with Crippen molar-refractivity contribution in [2.24, 2.45) is 5.41 Å². The van der Waals surface area contributed by atoms with Gasteiger partial charge in [0.2, 0.25) is 0 Å². The Morgan fingerprint density at radius 3 is 2.67 bits per heavy atom. The third-order valence-electron chi connectivity index (χ3n) is 5.89. The second-order valence-electron chi connectivity index (χ2n) is 8.00. The van der Waals surface area contributed by atoms with E-state index in [0.29, 0.717) is 6.54 Å². The summed E-state index contributed by atoms with van der Waals surface area (Å²) in [6.07, 6.45) is 6.13. The fraction of sp³-hybridized carbons (Fsp3) is 0.409. The Kier molecular flexibility index (Phi) is 4.25. The predicted molar refractivity (Wildman–Crippen MR) is 107 cm³/mol. The summed E-state index contributed by atoms with van der Waals surface area (Å²) in [6, 6.07) is 5.97. The molecular weight excluding hydrogens is 336 g/mol. The fourth-order valence-corrected chi connectivity index (χ4v) is 3.71. The van der Waals surface area contributed by atoms with Gasteiger partial charge in [0.05, 0.1) is 11.1 Å². The van der Waals surface area contributed by atoms with E-state index in [1.807, 2.05) is 38.4 Å². The number of hydrogen-bond donors (Lipinski definition) is 1. The van der Waals surface area contributed by atoms with E-state index >= 15 is 0 Å².